The zero-order valence-electron chi connectivity index (χ0n) is 16.3. The quantitative estimate of drug-likeness (QED) is 0.356. The molecule has 3 aromatic rings. The maximum atomic E-state index is 12.9. The molecule has 0 aliphatic carbocycles. The number of furan rings is 2. The third-order valence-electron chi connectivity index (χ3n) is 4.29. The topological polar surface area (TPSA) is 131 Å². The lowest BCUT2D eigenvalue weighted by molar-refractivity contribution is -0.118. The minimum absolute atomic E-state index is 0.0101. The minimum Gasteiger partial charge on any atom is -0.465 e. The van der Waals surface area contributed by atoms with E-state index in [-0.39, 0.29) is 16.4 Å². The maximum absolute atomic E-state index is 12.9. The number of amides is 2. The molecule has 11 heteroatoms. The highest BCUT2D eigenvalue weighted by Crippen LogP contribution is 2.34. The van der Waals surface area contributed by atoms with Gasteiger partial charge in [0, 0.05) is 0 Å². The summed E-state index contributed by atoms with van der Waals surface area (Å²) >= 11 is 1.10. The molecular weight excluding hydrogens is 454 g/mol. The molecule has 3 heterocycles. The SMILES string of the molecule is O=C1NC(/C(=C\c2ccco2)C(=O)NNS(=O)(=O)c2ccccc2)S/C1=C\c1ccco1. The lowest BCUT2D eigenvalue weighted by Gasteiger charge is -2.14. The van der Waals surface area contributed by atoms with E-state index < -0.39 is 21.3 Å². The highest BCUT2D eigenvalue weighted by Gasteiger charge is 2.34. The van der Waals surface area contributed by atoms with Crippen LogP contribution in [0.5, 0.6) is 0 Å². The van der Waals surface area contributed by atoms with Crippen molar-refractivity contribution >= 4 is 45.8 Å². The average Bonchev–Trinajstić information content (AvgIpc) is 3.55. The van der Waals surface area contributed by atoms with Crippen molar-refractivity contribution in [1.82, 2.24) is 15.6 Å². The third kappa shape index (κ3) is 5.02. The van der Waals surface area contributed by atoms with Gasteiger partial charge in [-0.15, -0.1) is 4.83 Å². The number of carbonyl (C=O) groups excluding carboxylic acids is 2. The summed E-state index contributed by atoms with van der Waals surface area (Å²) in [5.41, 5.74) is 2.28. The fourth-order valence-corrected chi connectivity index (χ4v) is 4.71. The third-order valence-corrected chi connectivity index (χ3v) is 6.71. The van der Waals surface area contributed by atoms with E-state index in [0.29, 0.717) is 16.4 Å². The van der Waals surface area contributed by atoms with Crippen LogP contribution >= 0.6 is 11.8 Å². The largest absolute Gasteiger partial charge is 0.465 e. The minimum atomic E-state index is -3.98. The van der Waals surface area contributed by atoms with Gasteiger partial charge >= 0.3 is 0 Å². The Hall–Kier alpha value is -3.54. The number of hydrogen-bond donors (Lipinski definition) is 3. The summed E-state index contributed by atoms with van der Waals surface area (Å²) in [7, 11) is -3.98. The molecule has 0 saturated carbocycles. The zero-order valence-corrected chi connectivity index (χ0v) is 18.0. The first-order chi connectivity index (χ1) is 15.4. The summed E-state index contributed by atoms with van der Waals surface area (Å²) in [5.74, 6) is -0.295. The van der Waals surface area contributed by atoms with Crippen molar-refractivity contribution < 1.29 is 26.8 Å². The van der Waals surface area contributed by atoms with Crippen molar-refractivity contribution in [3.05, 3.63) is 89.1 Å². The van der Waals surface area contributed by atoms with Gasteiger partial charge in [0.15, 0.2) is 0 Å². The lowest BCUT2D eigenvalue weighted by atomic mass is 10.2. The normalized spacial score (nSPS) is 18.0. The maximum Gasteiger partial charge on any atom is 0.265 e. The molecule has 164 valence electrons. The predicted octanol–water partition coefficient (Wildman–Crippen LogP) is 2.50. The summed E-state index contributed by atoms with van der Waals surface area (Å²) < 4.78 is 35.4. The molecule has 1 saturated heterocycles. The Balaban J connectivity index is 1.55. The van der Waals surface area contributed by atoms with E-state index in [1.165, 1.54) is 30.7 Å². The molecule has 2 amide bonds. The number of nitrogens with one attached hydrogen (secondary N) is 3. The Morgan fingerprint density at radius 1 is 1.00 bits per heavy atom. The Bertz CT molecular complexity index is 1260. The molecule has 1 fully saturated rings. The van der Waals surface area contributed by atoms with Gasteiger partial charge < -0.3 is 14.2 Å². The average molecular weight is 472 g/mol. The van der Waals surface area contributed by atoms with E-state index >= 15 is 0 Å². The molecule has 9 nitrogen and oxygen atoms in total. The summed E-state index contributed by atoms with van der Waals surface area (Å²) in [5, 5.41) is 1.92. The lowest BCUT2D eigenvalue weighted by Crippen LogP contribution is -2.44. The Labute approximate surface area is 187 Å². The van der Waals surface area contributed by atoms with Crippen LogP contribution in [0.4, 0.5) is 0 Å². The molecule has 1 aliphatic rings. The molecule has 1 aromatic carbocycles. The molecular formula is C21H17N3O6S2. The van der Waals surface area contributed by atoms with Crippen LogP contribution in [0.25, 0.3) is 12.2 Å². The number of hydrogen-bond acceptors (Lipinski definition) is 7. The van der Waals surface area contributed by atoms with Crippen LogP contribution in [-0.2, 0) is 19.6 Å². The molecule has 3 N–H and O–H groups in total. The van der Waals surface area contributed by atoms with Crippen LogP contribution in [-0.4, -0.2) is 25.6 Å². The fraction of sp³-hybridized carbons (Fsp3) is 0.0476. The van der Waals surface area contributed by atoms with E-state index in [1.54, 1.807) is 48.5 Å². The van der Waals surface area contributed by atoms with Crippen molar-refractivity contribution in [2.75, 3.05) is 0 Å². The van der Waals surface area contributed by atoms with Gasteiger partial charge in [-0.05, 0) is 48.6 Å². The van der Waals surface area contributed by atoms with Crippen LogP contribution in [0.1, 0.15) is 11.5 Å². The second-order valence-corrected chi connectivity index (χ2v) is 9.31. The van der Waals surface area contributed by atoms with Crippen LogP contribution < -0.4 is 15.6 Å². The van der Waals surface area contributed by atoms with Crippen molar-refractivity contribution in [1.29, 1.82) is 0 Å². The molecule has 0 bridgehead atoms. The Kier molecular flexibility index (Phi) is 6.30. The van der Waals surface area contributed by atoms with Crippen LogP contribution in [0.2, 0.25) is 0 Å². The van der Waals surface area contributed by atoms with Crippen molar-refractivity contribution in [3.63, 3.8) is 0 Å². The standard InChI is InChI=1S/C21H17N3O6S2/c25-19(23-24-32(27,28)16-8-2-1-3-9-16)17(12-14-6-4-10-29-14)21-22-20(26)18(31-21)13-15-7-5-11-30-15/h1-13,21,24H,(H,22,26)(H,23,25)/b17-12-,18-13-. The molecule has 1 unspecified atom stereocenters. The van der Waals surface area contributed by atoms with Crippen molar-refractivity contribution in [2.45, 2.75) is 10.3 Å². The predicted molar refractivity (Wildman–Crippen MR) is 118 cm³/mol. The molecule has 1 aliphatic heterocycles. The summed E-state index contributed by atoms with van der Waals surface area (Å²) in [6.45, 7) is 0. The van der Waals surface area contributed by atoms with Gasteiger partial charge in [0.2, 0.25) is 0 Å². The van der Waals surface area contributed by atoms with Crippen molar-refractivity contribution in [3.8, 4) is 0 Å². The smallest absolute Gasteiger partial charge is 0.265 e. The van der Waals surface area contributed by atoms with Gasteiger partial charge in [-0.3, -0.25) is 15.0 Å². The van der Waals surface area contributed by atoms with E-state index in [4.69, 9.17) is 8.83 Å². The first-order valence-electron chi connectivity index (χ1n) is 9.27. The first kappa shape index (κ1) is 21.7. The van der Waals surface area contributed by atoms with E-state index in [9.17, 15) is 18.0 Å². The van der Waals surface area contributed by atoms with Gasteiger partial charge in [0.05, 0.1) is 27.9 Å². The fourth-order valence-electron chi connectivity index (χ4n) is 2.77. The van der Waals surface area contributed by atoms with Gasteiger partial charge in [0.25, 0.3) is 21.8 Å². The number of benzene rings is 1. The molecule has 1 atom stereocenters. The van der Waals surface area contributed by atoms with Crippen LogP contribution in [0.3, 0.4) is 0 Å². The second kappa shape index (κ2) is 9.30. The number of thioether (sulfide) groups is 1. The van der Waals surface area contributed by atoms with Gasteiger partial charge in [-0.25, -0.2) is 8.42 Å². The van der Waals surface area contributed by atoms with Crippen LogP contribution in [0, 0.1) is 0 Å². The van der Waals surface area contributed by atoms with Crippen LogP contribution in [0.15, 0.2) is 91.3 Å². The number of sulfonamides is 1. The zero-order chi connectivity index (χ0) is 22.6. The molecule has 0 spiro atoms. The molecule has 4 rings (SSSR count). The number of hydrazine groups is 1. The molecule has 2 aromatic heterocycles. The number of carbonyl (C=O) groups is 2. The molecule has 32 heavy (non-hydrogen) atoms. The van der Waals surface area contributed by atoms with Gasteiger partial charge in [0.1, 0.15) is 16.9 Å². The highest BCUT2D eigenvalue weighted by molar-refractivity contribution is 8.05. The first-order valence-corrected chi connectivity index (χ1v) is 11.6. The van der Waals surface area contributed by atoms with E-state index in [2.05, 4.69) is 15.6 Å². The van der Waals surface area contributed by atoms with Crippen molar-refractivity contribution in [2.24, 2.45) is 0 Å². The Morgan fingerprint density at radius 3 is 2.34 bits per heavy atom. The van der Waals surface area contributed by atoms with Gasteiger partial charge in [-0.1, -0.05) is 30.0 Å². The number of rotatable bonds is 7. The van der Waals surface area contributed by atoms with E-state index in [1.807, 2.05) is 0 Å². The summed E-state index contributed by atoms with van der Waals surface area (Å²) in [6.07, 6.45) is 5.90. The van der Waals surface area contributed by atoms with E-state index in [0.717, 1.165) is 11.8 Å². The Morgan fingerprint density at radius 2 is 1.69 bits per heavy atom. The monoisotopic (exact) mass is 471 g/mol. The summed E-state index contributed by atoms with van der Waals surface area (Å²) in [6, 6.07) is 14.3. The highest BCUT2D eigenvalue weighted by atomic mass is 32.2. The second-order valence-electron chi connectivity index (χ2n) is 6.48. The van der Waals surface area contributed by atoms with Gasteiger partial charge in [-0.2, -0.15) is 0 Å². The summed E-state index contributed by atoms with van der Waals surface area (Å²) in [4.78, 5) is 27.7. The molecule has 0 radical (unpaired) electrons.